The molecule has 1 aliphatic rings. The average Bonchev–Trinajstić information content (AvgIpc) is 2.28. The molecule has 0 aliphatic carbocycles. The Bertz CT molecular complexity index is 414. The molecule has 0 saturated carbocycles. The van der Waals surface area contributed by atoms with Gasteiger partial charge >= 0.3 is 0 Å². The molecular weight excluding hydrogens is 200 g/mol. The lowest BCUT2D eigenvalue weighted by Gasteiger charge is -2.34. The highest BCUT2D eigenvalue weighted by molar-refractivity contribution is 5.82. The second-order valence-electron chi connectivity index (χ2n) is 3.96. The van der Waals surface area contributed by atoms with Crippen LogP contribution < -0.4 is 5.73 Å². The highest BCUT2D eigenvalue weighted by atomic mass is 16.1. The summed E-state index contributed by atoms with van der Waals surface area (Å²) in [5, 5.41) is 0. The lowest BCUT2D eigenvalue weighted by atomic mass is 9.92. The Balaban J connectivity index is 2.39. The molecule has 0 aromatic heterocycles. The van der Waals surface area contributed by atoms with Gasteiger partial charge in [0.25, 0.3) is 0 Å². The van der Waals surface area contributed by atoms with Crippen LogP contribution in [0.15, 0.2) is 30.9 Å². The summed E-state index contributed by atoms with van der Waals surface area (Å²) in [5.74, 6) is -0.297. The van der Waals surface area contributed by atoms with E-state index in [0.717, 1.165) is 18.5 Å². The first kappa shape index (κ1) is 10.9. The summed E-state index contributed by atoms with van der Waals surface area (Å²) in [6.07, 6.45) is 2.74. The van der Waals surface area contributed by atoms with Gasteiger partial charge in [-0.25, -0.2) is 0 Å². The van der Waals surface area contributed by atoms with E-state index >= 15 is 0 Å². The summed E-state index contributed by atoms with van der Waals surface area (Å²) in [5.41, 5.74) is 7.66. The second kappa shape index (κ2) is 4.49. The van der Waals surface area contributed by atoms with Gasteiger partial charge in [0, 0.05) is 13.1 Å². The van der Waals surface area contributed by atoms with Crippen LogP contribution in [0, 0.1) is 6.07 Å². The number of nitrogens with two attached hydrogens (primary N) is 1. The zero-order chi connectivity index (χ0) is 11.5. The Morgan fingerprint density at radius 3 is 3.25 bits per heavy atom. The maximum Gasteiger partial charge on any atom is 0.239 e. The fraction of sp³-hybridized carbons (Fsp3) is 0.308. The third kappa shape index (κ3) is 1.86. The van der Waals surface area contributed by atoms with Crippen LogP contribution in [0.1, 0.15) is 17.2 Å². The van der Waals surface area contributed by atoms with Crippen LogP contribution in [0.2, 0.25) is 0 Å². The molecule has 2 N–H and O–H groups in total. The standard InChI is InChI=1S/C13H15N2O/c1-2-8-15-9-7-10-5-3-4-6-11(10)12(15)13(14)16/h2,4-6,12H,1,7-9H2,(H2,14,16). The SMILES string of the molecule is C=CCN1CCc2c[c]ccc2C1C(N)=O. The van der Waals surface area contributed by atoms with Crippen molar-refractivity contribution in [2.75, 3.05) is 13.1 Å². The molecule has 2 rings (SSSR count). The first-order valence-electron chi connectivity index (χ1n) is 5.37. The molecule has 1 aromatic carbocycles. The number of fused-ring (bicyclic) bond motifs is 1. The van der Waals surface area contributed by atoms with Gasteiger partial charge in [-0.05, 0) is 23.6 Å². The molecule has 1 aliphatic heterocycles. The van der Waals surface area contributed by atoms with Gasteiger partial charge in [0.1, 0.15) is 6.04 Å². The van der Waals surface area contributed by atoms with Crippen molar-refractivity contribution in [2.24, 2.45) is 5.73 Å². The molecule has 83 valence electrons. The van der Waals surface area contributed by atoms with Crippen molar-refractivity contribution in [1.82, 2.24) is 4.90 Å². The van der Waals surface area contributed by atoms with Gasteiger partial charge in [0.15, 0.2) is 0 Å². The fourth-order valence-corrected chi connectivity index (χ4v) is 2.25. The van der Waals surface area contributed by atoms with Crippen molar-refractivity contribution in [3.63, 3.8) is 0 Å². The van der Waals surface area contributed by atoms with E-state index in [-0.39, 0.29) is 11.9 Å². The number of carbonyl (C=O) groups excluding carboxylic acids is 1. The molecule has 1 heterocycles. The van der Waals surface area contributed by atoms with E-state index in [1.807, 2.05) is 18.2 Å². The van der Waals surface area contributed by atoms with Crippen molar-refractivity contribution in [1.29, 1.82) is 0 Å². The molecule has 16 heavy (non-hydrogen) atoms. The zero-order valence-corrected chi connectivity index (χ0v) is 9.15. The van der Waals surface area contributed by atoms with Crippen LogP contribution in [0.3, 0.4) is 0 Å². The molecule has 1 atom stereocenters. The molecule has 3 heteroatoms. The Labute approximate surface area is 95.6 Å². The van der Waals surface area contributed by atoms with E-state index in [4.69, 9.17) is 5.73 Å². The van der Waals surface area contributed by atoms with Gasteiger partial charge in [-0.15, -0.1) is 6.58 Å². The van der Waals surface area contributed by atoms with Gasteiger partial charge in [-0.1, -0.05) is 24.3 Å². The number of nitrogens with zero attached hydrogens (tertiary/aromatic N) is 1. The van der Waals surface area contributed by atoms with Crippen LogP contribution >= 0.6 is 0 Å². The highest BCUT2D eigenvalue weighted by Crippen LogP contribution is 2.28. The number of hydrogen-bond acceptors (Lipinski definition) is 2. The summed E-state index contributed by atoms with van der Waals surface area (Å²) in [6.45, 7) is 5.23. The summed E-state index contributed by atoms with van der Waals surface area (Å²) in [4.78, 5) is 13.6. The van der Waals surface area contributed by atoms with E-state index in [1.165, 1.54) is 5.56 Å². The largest absolute Gasteiger partial charge is 0.368 e. The number of benzene rings is 1. The molecule has 1 unspecified atom stereocenters. The number of carbonyl (C=O) groups is 1. The van der Waals surface area contributed by atoms with E-state index in [2.05, 4.69) is 17.5 Å². The smallest absolute Gasteiger partial charge is 0.239 e. The first-order chi connectivity index (χ1) is 7.74. The normalized spacial score (nSPS) is 20.1. The molecule has 0 saturated heterocycles. The van der Waals surface area contributed by atoms with E-state index in [1.54, 1.807) is 6.08 Å². The molecule has 1 amide bonds. The van der Waals surface area contributed by atoms with Gasteiger partial charge in [-0.2, -0.15) is 0 Å². The van der Waals surface area contributed by atoms with Gasteiger partial charge in [-0.3, -0.25) is 9.69 Å². The molecule has 3 nitrogen and oxygen atoms in total. The van der Waals surface area contributed by atoms with E-state index in [9.17, 15) is 4.79 Å². The van der Waals surface area contributed by atoms with Gasteiger partial charge < -0.3 is 5.73 Å². The Morgan fingerprint density at radius 2 is 2.56 bits per heavy atom. The number of hydrogen-bond donors (Lipinski definition) is 1. The molecule has 0 fully saturated rings. The third-order valence-corrected chi connectivity index (χ3v) is 2.95. The summed E-state index contributed by atoms with van der Waals surface area (Å²) >= 11 is 0. The van der Waals surface area contributed by atoms with Crippen molar-refractivity contribution in [2.45, 2.75) is 12.5 Å². The Morgan fingerprint density at radius 1 is 1.75 bits per heavy atom. The minimum atomic E-state index is -0.323. The molecule has 1 radical (unpaired) electrons. The third-order valence-electron chi connectivity index (χ3n) is 2.95. The van der Waals surface area contributed by atoms with Crippen molar-refractivity contribution in [3.8, 4) is 0 Å². The van der Waals surface area contributed by atoms with Crippen LogP contribution in [0.5, 0.6) is 0 Å². The number of rotatable bonds is 3. The van der Waals surface area contributed by atoms with Crippen LogP contribution in [0.25, 0.3) is 0 Å². The first-order valence-corrected chi connectivity index (χ1v) is 5.37. The lowest BCUT2D eigenvalue weighted by Crippen LogP contribution is -2.42. The number of amides is 1. The minimum Gasteiger partial charge on any atom is -0.368 e. The van der Waals surface area contributed by atoms with Crippen molar-refractivity contribution in [3.05, 3.63) is 48.0 Å². The molecule has 0 bridgehead atoms. The lowest BCUT2D eigenvalue weighted by molar-refractivity contribution is -0.123. The zero-order valence-electron chi connectivity index (χ0n) is 9.15. The average molecular weight is 215 g/mol. The maximum atomic E-state index is 11.5. The Hall–Kier alpha value is -1.61. The summed E-state index contributed by atoms with van der Waals surface area (Å²) < 4.78 is 0. The van der Waals surface area contributed by atoms with Gasteiger partial charge in [0.05, 0.1) is 0 Å². The minimum absolute atomic E-state index is 0.297. The summed E-state index contributed by atoms with van der Waals surface area (Å²) in [7, 11) is 0. The van der Waals surface area contributed by atoms with Crippen molar-refractivity contribution >= 4 is 5.91 Å². The molecule has 1 aromatic rings. The van der Waals surface area contributed by atoms with Crippen molar-refractivity contribution < 1.29 is 4.79 Å². The van der Waals surface area contributed by atoms with Crippen LogP contribution in [-0.4, -0.2) is 23.9 Å². The maximum absolute atomic E-state index is 11.5. The Kier molecular flexibility index (Phi) is 3.06. The monoisotopic (exact) mass is 215 g/mol. The quantitative estimate of drug-likeness (QED) is 0.766. The fourth-order valence-electron chi connectivity index (χ4n) is 2.25. The highest BCUT2D eigenvalue weighted by Gasteiger charge is 2.30. The second-order valence-corrected chi connectivity index (χ2v) is 3.96. The molecular formula is C13H15N2O. The summed E-state index contributed by atoms with van der Waals surface area (Å²) in [6, 6.07) is 8.41. The van der Waals surface area contributed by atoms with E-state index < -0.39 is 0 Å². The number of primary amides is 1. The predicted octanol–water partition coefficient (Wildman–Crippen LogP) is 1.06. The van der Waals surface area contributed by atoms with E-state index in [0.29, 0.717) is 6.54 Å². The predicted molar refractivity (Wildman–Crippen MR) is 62.7 cm³/mol. The topological polar surface area (TPSA) is 46.3 Å². The van der Waals surface area contributed by atoms with Crippen LogP contribution in [0.4, 0.5) is 0 Å². The van der Waals surface area contributed by atoms with Gasteiger partial charge in [0.2, 0.25) is 5.91 Å². The van der Waals surface area contributed by atoms with Crippen LogP contribution in [-0.2, 0) is 11.2 Å². The molecule has 0 spiro atoms.